The highest BCUT2D eigenvalue weighted by Gasteiger charge is 2.26. The van der Waals surface area contributed by atoms with Crippen molar-refractivity contribution in [1.82, 2.24) is 15.1 Å². The molecular formula is C16H17ClN4O2. The number of carbonyl (C=O) groups is 1. The van der Waals surface area contributed by atoms with Crippen LogP contribution in [0.1, 0.15) is 11.1 Å². The fourth-order valence-electron chi connectivity index (χ4n) is 2.67. The monoisotopic (exact) mass is 332 g/mol. The second-order valence-electron chi connectivity index (χ2n) is 5.56. The highest BCUT2D eigenvalue weighted by molar-refractivity contribution is 6.33. The summed E-state index contributed by atoms with van der Waals surface area (Å²) in [5.41, 5.74) is 2.37. The average molecular weight is 333 g/mol. The van der Waals surface area contributed by atoms with Gasteiger partial charge in [0.05, 0.1) is 18.4 Å². The first-order chi connectivity index (χ1) is 11.1. The zero-order valence-electron chi connectivity index (χ0n) is 12.8. The number of aromatic amines is 1. The van der Waals surface area contributed by atoms with Crippen LogP contribution in [0.3, 0.4) is 0 Å². The lowest BCUT2D eigenvalue weighted by molar-refractivity contribution is -0.131. The molecule has 1 aromatic carbocycles. The summed E-state index contributed by atoms with van der Waals surface area (Å²) in [6.07, 6.45) is 1.48. The molecule has 2 aromatic rings. The average Bonchev–Trinajstić information content (AvgIpc) is 2.54. The SMILES string of the molecule is Cc1ccccc1CN1CCN(c2cn[nH]c(=O)c2Cl)CC1=O. The number of H-pyrrole nitrogens is 1. The van der Waals surface area contributed by atoms with E-state index in [0.29, 0.717) is 25.3 Å². The Morgan fingerprint density at radius 1 is 1.26 bits per heavy atom. The van der Waals surface area contributed by atoms with Gasteiger partial charge in [0.25, 0.3) is 5.56 Å². The van der Waals surface area contributed by atoms with E-state index in [9.17, 15) is 9.59 Å². The summed E-state index contributed by atoms with van der Waals surface area (Å²) < 4.78 is 0. The van der Waals surface area contributed by atoms with Crippen molar-refractivity contribution < 1.29 is 4.79 Å². The molecule has 23 heavy (non-hydrogen) atoms. The van der Waals surface area contributed by atoms with Crippen molar-refractivity contribution in [2.45, 2.75) is 13.5 Å². The lowest BCUT2D eigenvalue weighted by Gasteiger charge is -2.35. The van der Waals surface area contributed by atoms with Gasteiger partial charge in [-0.2, -0.15) is 5.10 Å². The molecule has 1 amide bonds. The van der Waals surface area contributed by atoms with E-state index in [1.807, 2.05) is 36.1 Å². The number of amides is 1. The topological polar surface area (TPSA) is 69.3 Å². The van der Waals surface area contributed by atoms with Crippen LogP contribution < -0.4 is 10.5 Å². The number of aryl methyl sites for hydroxylation is 1. The number of aromatic nitrogens is 2. The van der Waals surface area contributed by atoms with Crippen molar-refractivity contribution in [2.24, 2.45) is 0 Å². The zero-order chi connectivity index (χ0) is 16.4. The molecular weight excluding hydrogens is 316 g/mol. The largest absolute Gasteiger partial charge is 0.358 e. The van der Waals surface area contributed by atoms with Gasteiger partial charge in [-0.15, -0.1) is 0 Å². The maximum absolute atomic E-state index is 12.4. The van der Waals surface area contributed by atoms with E-state index < -0.39 is 5.56 Å². The Bertz CT molecular complexity index is 790. The summed E-state index contributed by atoms with van der Waals surface area (Å²) in [6.45, 7) is 4.02. The molecule has 120 valence electrons. The van der Waals surface area contributed by atoms with E-state index >= 15 is 0 Å². The van der Waals surface area contributed by atoms with Crippen LogP contribution in [-0.4, -0.2) is 40.6 Å². The van der Waals surface area contributed by atoms with Crippen LogP contribution in [0.5, 0.6) is 0 Å². The summed E-state index contributed by atoms with van der Waals surface area (Å²) in [4.78, 5) is 27.6. The molecule has 2 heterocycles. The first kappa shape index (κ1) is 15.6. The number of anilines is 1. The van der Waals surface area contributed by atoms with Gasteiger partial charge in [-0.3, -0.25) is 9.59 Å². The zero-order valence-corrected chi connectivity index (χ0v) is 13.5. The summed E-state index contributed by atoms with van der Waals surface area (Å²) >= 11 is 6.01. The predicted octanol–water partition coefficient (Wildman–Crippen LogP) is 1.58. The van der Waals surface area contributed by atoms with Gasteiger partial charge in [0.1, 0.15) is 5.02 Å². The molecule has 0 saturated carbocycles. The van der Waals surface area contributed by atoms with E-state index in [-0.39, 0.29) is 17.5 Å². The van der Waals surface area contributed by atoms with E-state index in [0.717, 1.165) is 5.56 Å². The van der Waals surface area contributed by atoms with Crippen LogP contribution in [0.4, 0.5) is 5.69 Å². The van der Waals surface area contributed by atoms with Crippen LogP contribution in [0.15, 0.2) is 35.3 Å². The highest BCUT2D eigenvalue weighted by atomic mass is 35.5. The molecule has 1 aromatic heterocycles. The Hall–Kier alpha value is -2.34. The van der Waals surface area contributed by atoms with E-state index in [1.165, 1.54) is 11.8 Å². The van der Waals surface area contributed by atoms with Gasteiger partial charge in [0, 0.05) is 19.6 Å². The van der Waals surface area contributed by atoms with Crippen LogP contribution >= 0.6 is 11.6 Å². The van der Waals surface area contributed by atoms with E-state index in [2.05, 4.69) is 10.2 Å². The standard InChI is InChI=1S/C16H17ClN4O2/c1-11-4-2-3-5-12(11)9-21-7-6-20(10-14(21)22)13-8-18-19-16(23)15(13)17/h2-5,8H,6-7,9-10H2,1H3,(H,19,23). The second kappa shape index (κ2) is 6.42. The number of rotatable bonds is 3. The Morgan fingerprint density at radius 3 is 2.78 bits per heavy atom. The first-order valence-electron chi connectivity index (χ1n) is 7.36. The molecule has 0 radical (unpaired) electrons. The maximum Gasteiger partial charge on any atom is 0.285 e. The van der Waals surface area contributed by atoms with E-state index in [1.54, 1.807) is 4.90 Å². The minimum Gasteiger partial charge on any atom is -0.358 e. The second-order valence-corrected chi connectivity index (χ2v) is 5.94. The number of halogens is 1. The first-order valence-corrected chi connectivity index (χ1v) is 7.74. The third-order valence-corrected chi connectivity index (χ3v) is 4.42. The summed E-state index contributed by atoms with van der Waals surface area (Å²) in [7, 11) is 0. The Kier molecular flexibility index (Phi) is 4.34. The van der Waals surface area contributed by atoms with Gasteiger partial charge < -0.3 is 9.80 Å². The molecule has 6 nitrogen and oxygen atoms in total. The van der Waals surface area contributed by atoms with Gasteiger partial charge in [-0.1, -0.05) is 35.9 Å². The maximum atomic E-state index is 12.4. The molecule has 1 aliphatic heterocycles. The summed E-state index contributed by atoms with van der Waals surface area (Å²) in [5.74, 6) is 0.0100. The number of nitrogens with zero attached hydrogens (tertiary/aromatic N) is 3. The smallest absolute Gasteiger partial charge is 0.285 e. The lowest BCUT2D eigenvalue weighted by atomic mass is 10.1. The van der Waals surface area contributed by atoms with Crippen molar-refractivity contribution in [3.8, 4) is 0 Å². The normalized spacial score (nSPS) is 15.1. The Morgan fingerprint density at radius 2 is 2.04 bits per heavy atom. The molecule has 0 atom stereocenters. The third-order valence-electron chi connectivity index (χ3n) is 4.06. The van der Waals surface area contributed by atoms with Crippen molar-refractivity contribution in [1.29, 1.82) is 0 Å². The number of hydrogen-bond donors (Lipinski definition) is 1. The van der Waals surface area contributed by atoms with Crippen LogP contribution in [-0.2, 0) is 11.3 Å². The fourth-order valence-corrected chi connectivity index (χ4v) is 2.88. The third kappa shape index (κ3) is 3.22. The fraction of sp³-hybridized carbons (Fsp3) is 0.312. The Balaban J connectivity index is 1.73. The Labute approximate surface area is 138 Å². The highest BCUT2D eigenvalue weighted by Crippen LogP contribution is 2.23. The predicted molar refractivity (Wildman–Crippen MR) is 88.7 cm³/mol. The van der Waals surface area contributed by atoms with Gasteiger partial charge in [-0.05, 0) is 18.1 Å². The number of piperazine rings is 1. The van der Waals surface area contributed by atoms with Gasteiger partial charge in [0.15, 0.2) is 0 Å². The molecule has 0 spiro atoms. The number of hydrogen-bond acceptors (Lipinski definition) is 4. The molecule has 3 rings (SSSR count). The molecule has 1 N–H and O–H groups in total. The van der Waals surface area contributed by atoms with E-state index in [4.69, 9.17) is 11.6 Å². The molecule has 7 heteroatoms. The molecule has 0 unspecified atom stereocenters. The minimum atomic E-state index is -0.445. The van der Waals surface area contributed by atoms with Crippen molar-refractivity contribution >= 4 is 23.2 Å². The molecule has 1 saturated heterocycles. The summed E-state index contributed by atoms with van der Waals surface area (Å²) in [5, 5.41) is 6.10. The van der Waals surface area contributed by atoms with Crippen LogP contribution in [0.25, 0.3) is 0 Å². The van der Waals surface area contributed by atoms with Crippen molar-refractivity contribution in [2.75, 3.05) is 24.5 Å². The number of carbonyl (C=O) groups excluding carboxylic acids is 1. The van der Waals surface area contributed by atoms with Gasteiger partial charge in [0.2, 0.25) is 5.91 Å². The summed E-state index contributed by atoms with van der Waals surface area (Å²) in [6, 6.07) is 8.04. The number of nitrogens with one attached hydrogen (secondary N) is 1. The number of benzene rings is 1. The molecule has 0 aliphatic carbocycles. The molecule has 1 aliphatic rings. The van der Waals surface area contributed by atoms with Crippen molar-refractivity contribution in [3.05, 3.63) is 57.0 Å². The van der Waals surface area contributed by atoms with Crippen molar-refractivity contribution in [3.63, 3.8) is 0 Å². The van der Waals surface area contributed by atoms with Crippen LogP contribution in [0, 0.1) is 6.92 Å². The lowest BCUT2D eigenvalue weighted by Crippen LogP contribution is -2.50. The van der Waals surface area contributed by atoms with Crippen LogP contribution in [0.2, 0.25) is 5.02 Å². The molecule has 0 bridgehead atoms. The minimum absolute atomic E-state index is 0.0100. The quantitative estimate of drug-likeness (QED) is 0.926. The van der Waals surface area contributed by atoms with Gasteiger partial charge in [-0.25, -0.2) is 5.10 Å². The molecule has 1 fully saturated rings. The van der Waals surface area contributed by atoms with Gasteiger partial charge >= 0.3 is 0 Å².